The Kier molecular flexibility index (Phi) is 5.78. The maximum atomic E-state index is 12.4. The third-order valence-electron chi connectivity index (χ3n) is 4.97. The Balaban J connectivity index is 1.49. The number of carbonyl (C=O) groups is 1. The average molecular weight is 354 g/mol. The summed E-state index contributed by atoms with van der Waals surface area (Å²) in [6.07, 6.45) is 0. The Hall–Kier alpha value is -2.53. The largest absolute Gasteiger partial charge is 0.497 e. The van der Waals surface area contributed by atoms with Gasteiger partial charge >= 0.3 is 0 Å². The number of piperazine rings is 1. The molecule has 5 heteroatoms. The fraction of sp³-hybridized carbons (Fsp3) is 0.381. The number of nitrogens with zero attached hydrogens (tertiary/aromatic N) is 1. The first kappa shape index (κ1) is 18.3. The van der Waals surface area contributed by atoms with Crippen LogP contribution in [0, 0.1) is 13.8 Å². The number of quaternary nitrogens is 1. The minimum Gasteiger partial charge on any atom is -0.497 e. The van der Waals surface area contributed by atoms with Crippen LogP contribution in [-0.2, 0) is 4.79 Å². The first-order valence-electron chi connectivity index (χ1n) is 9.15. The maximum Gasteiger partial charge on any atom is 0.279 e. The smallest absolute Gasteiger partial charge is 0.279 e. The molecule has 1 heterocycles. The molecule has 1 fully saturated rings. The van der Waals surface area contributed by atoms with Gasteiger partial charge < -0.3 is 19.9 Å². The first-order chi connectivity index (χ1) is 12.5. The SMILES string of the molecule is COc1ccc(N2CC[NH+](CC(=O)Nc3ccc(C)cc3C)CC2)cc1. The first-order valence-corrected chi connectivity index (χ1v) is 9.15. The normalized spacial score (nSPS) is 15.0. The molecule has 3 rings (SSSR count). The number of nitrogens with one attached hydrogen (secondary N) is 2. The Morgan fingerprint density at radius 1 is 1.12 bits per heavy atom. The lowest BCUT2D eigenvalue weighted by molar-refractivity contribution is -0.892. The van der Waals surface area contributed by atoms with Crippen LogP contribution in [-0.4, -0.2) is 45.7 Å². The van der Waals surface area contributed by atoms with Crippen molar-refractivity contribution in [3.63, 3.8) is 0 Å². The van der Waals surface area contributed by atoms with E-state index in [4.69, 9.17) is 4.74 Å². The fourth-order valence-electron chi connectivity index (χ4n) is 3.43. The molecule has 1 aliphatic heterocycles. The molecular weight excluding hydrogens is 326 g/mol. The molecule has 0 spiro atoms. The van der Waals surface area contributed by atoms with Crippen molar-refractivity contribution in [2.75, 3.05) is 50.1 Å². The van der Waals surface area contributed by atoms with Gasteiger partial charge in [-0.05, 0) is 49.7 Å². The monoisotopic (exact) mass is 354 g/mol. The fourth-order valence-corrected chi connectivity index (χ4v) is 3.43. The van der Waals surface area contributed by atoms with Crippen molar-refractivity contribution in [3.8, 4) is 5.75 Å². The number of ether oxygens (including phenoxy) is 1. The zero-order valence-corrected chi connectivity index (χ0v) is 15.8. The van der Waals surface area contributed by atoms with Gasteiger partial charge in [-0.1, -0.05) is 17.7 Å². The summed E-state index contributed by atoms with van der Waals surface area (Å²) in [7, 11) is 1.68. The van der Waals surface area contributed by atoms with Crippen molar-refractivity contribution in [1.82, 2.24) is 0 Å². The molecular formula is C21H28N3O2+. The minimum absolute atomic E-state index is 0.0878. The van der Waals surface area contributed by atoms with Crippen LogP contribution in [0.4, 0.5) is 11.4 Å². The van der Waals surface area contributed by atoms with E-state index in [9.17, 15) is 4.79 Å². The lowest BCUT2D eigenvalue weighted by Gasteiger charge is -2.33. The quantitative estimate of drug-likeness (QED) is 0.858. The number of methoxy groups -OCH3 is 1. The highest BCUT2D eigenvalue weighted by atomic mass is 16.5. The molecule has 0 aromatic heterocycles. The van der Waals surface area contributed by atoms with Crippen molar-refractivity contribution < 1.29 is 14.4 Å². The molecule has 5 nitrogen and oxygen atoms in total. The standard InChI is InChI=1S/C21H27N3O2/c1-16-4-9-20(17(2)14-16)22-21(25)15-23-10-12-24(13-11-23)18-5-7-19(26-3)8-6-18/h4-9,14H,10-13,15H2,1-3H3,(H,22,25)/p+1. The van der Waals surface area contributed by atoms with Crippen molar-refractivity contribution in [2.24, 2.45) is 0 Å². The van der Waals surface area contributed by atoms with E-state index in [-0.39, 0.29) is 5.91 Å². The summed E-state index contributed by atoms with van der Waals surface area (Å²) in [6.45, 7) is 8.45. The van der Waals surface area contributed by atoms with E-state index < -0.39 is 0 Å². The number of hydrogen-bond donors (Lipinski definition) is 2. The molecule has 0 radical (unpaired) electrons. The van der Waals surface area contributed by atoms with E-state index in [1.165, 1.54) is 16.2 Å². The predicted octanol–water partition coefficient (Wildman–Crippen LogP) is 1.66. The van der Waals surface area contributed by atoms with Gasteiger partial charge in [-0.2, -0.15) is 0 Å². The van der Waals surface area contributed by atoms with Crippen LogP contribution in [0.25, 0.3) is 0 Å². The second-order valence-electron chi connectivity index (χ2n) is 6.98. The van der Waals surface area contributed by atoms with E-state index in [0.717, 1.165) is 43.2 Å². The molecule has 0 atom stereocenters. The molecule has 26 heavy (non-hydrogen) atoms. The van der Waals surface area contributed by atoms with Crippen molar-refractivity contribution in [3.05, 3.63) is 53.6 Å². The molecule has 2 N–H and O–H groups in total. The summed E-state index contributed by atoms with van der Waals surface area (Å²) in [4.78, 5) is 16.1. The third-order valence-corrected chi connectivity index (χ3v) is 4.97. The van der Waals surface area contributed by atoms with Gasteiger partial charge in [-0.25, -0.2) is 0 Å². The Bertz CT molecular complexity index is 750. The van der Waals surface area contributed by atoms with Gasteiger partial charge in [0.2, 0.25) is 0 Å². The van der Waals surface area contributed by atoms with Crippen molar-refractivity contribution >= 4 is 17.3 Å². The number of amides is 1. The van der Waals surface area contributed by atoms with Gasteiger partial charge in [-0.15, -0.1) is 0 Å². The van der Waals surface area contributed by atoms with E-state index in [0.29, 0.717) is 6.54 Å². The number of carbonyl (C=O) groups excluding carboxylic acids is 1. The van der Waals surface area contributed by atoms with E-state index in [1.54, 1.807) is 7.11 Å². The number of hydrogen-bond acceptors (Lipinski definition) is 3. The predicted molar refractivity (Wildman–Crippen MR) is 105 cm³/mol. The second kappa shape index (κ2) is 8.23. The highest BCUT2D eigenvalue weighted by Gasteiger charge is 2.22. The highest BCUT2D eigenvalue weighted by Crippen LogP contribution is 2.19. The number of anilines is 2. The Morgan fingerprint density at radius 2 is 1.81 bits per heavy atom. The minimum atomic E-state index is 0.0878. The van der Waals surface area contributed by atoms with Gasteiger partial charge in [0, 0.05) is 11.4 Å². The lowest BCUT2D eigenvalue weighted by Crippen LogP contribution is -3.15. The van der Waals surface area contributed by atoms with Gasteiger partial charge in [0.05, 0.1) is 33.3 Å². The summed E-state index contributed by atoms with van der Waals surface area (Å²) in [5.41, 5.74) is 4.44. The molecule has 0 aliphatic carbocycles. The summed E-state index contributed by atoms with van der Waals surface area (Å²) >= 11 is 0. The average Bonchev–Trinajstić information content (AvgIpc) is 2.65. The van der Waals surface area contributed by atoms with Crippen LogP contribution in [0.15, 0.2) is 42.5 Å². The number of aryl methyl sites for hydroxylation is 2. The molecule has 2 aromatic carbocycles. The van der Waals surface area contributed by atoms with Gasteiger partial charge in [0.25, 0.3) is 5.91 Å². The van der Waals surface area contributed by atoms with Crippen molar-refractivity contribution in [1.29, 1.82) is 0 Å². The van der Waals surface area contributed by atoms with E-state index in [2.05, 4.69) is 35.3 Å². The van der Waals surface area contributed by atoms with Crippen LogP contribution >= 0.6 is 0 Å². The summed E-state index contributed by atoms with van der Waals surface area (Å²) in [5, 5.41) is 3.05. The lowest BCUT2D eigenvalue weighted by atomic mass is 10.1. The van der Waals surface area contributed by atoms with E-state index >= 15 is 0 Å². The molecule has 0 bridgehead atoms. The number of benzene rings is 2. The highest BCUT2D eigenvalue weighted by molar-refractivity contribution is 5.92. The van der Waals surface area contributed by atoms with Crippen LogP contribution in [0.1, 0.15) is 11.1 Å². The van der Waals surface area contributed by atoms with Gasteiger partial charge in [0.15, 0.2) is 6.54 Å². The van der Waals surface area contributed by atoms with Crippen LogP contribution in [0.2, 0.25) is 0 Å². The van der Waals surface area contributed by atoms with Crippen LogP contribution < -0.4 is 19.9 Å². The third kappa shape index (κ3) is 4.55. The molecule has 138 valence electrons. The summed E-state index contributed by atoms with van der Waals surface area (Å²) in [5.74, 6) is 0.964. The number of rotatable bonds is 5. The van der Waals surface area contributed by atoms with Gasteiger partial charge in [0.1, 0.15) is 5.75 Å². The molecule has 0 saturated carbocycles. The second-order valence-corrected chi connectivity index (χ2v) is 6.98. The molecule has 1 saturated heterocycles. The molecule has 2 aromatic rings. The zero-order valence-electron chi connectivity index (χ0n) is 15.8. The summed E-state index contributed by atoms with van der Waals surface area (Å²) < 4.78 is 5.21. The van der Waals surface area contributed by atoms with Crippen LogP contribution in [0.5, 0.6) is 5.75 Å². The topological polar surface area (TPSA) is 46.0 Å². The molecule has 1 aliphatic rings. The Morgan fingerprint density at radius 3 is 2.42 bits per heavy atom. The van der Waals surface area contributed by atoms with Crippen LogP contribution in [0.3, 0.4) is 0 Å². The molecule has 0 unspecified atom stereocenters. The zero-order chi connectivity index (χ0) is 18.5. The van der Waals surface area contributed by atoms with Crippen molar-refractivity contribution in [2.45, 2.75) is 13.8 Å². The maximum absolute atomic E-state index is 12.4. The summed E-state index contributed by atoms with van der Waals surface area (Å²) in [6, 6.07) is 14.3. The Labute approximate surface area is 155 Å². The van der Waals surface area contributed by atoms with E-state index in [1.807, 2.05) is 31.2 Å². The molecule has 1 amide bonds. The van der Waals surface area contributed by atoms with Gasteiger partial charge in [-0.3, -0.25) is 4.79 Å².